The zero-order valence-corrected chi connectivity index (χ0v) is 27.0. The summed E-state index contributed by atoms with van der Waals surface area (Å²) in [4.78, 5) is 31.9. The van der Waals surface area contributed by atoms with Gasteiger partial charge in [-0.05, 0) is 65.1 Å². The SMILES string of the molecule is CN1CCC[C@H]1COc1nc2c(c(N3CCN(C(=O)OC(C)(C)C)C(CC#N)C3)n1)CCN(c1cccc3ccccc13)CC2. The number of hydrogen-bond donors (Lipinski definition) is 0. The van der Waals surface area contributed by atoms with Gasteiger partial charge in [0.25, 0.3) is 0 Å². The maximum Gasteiger partial charge on any atom is 0.410 e. The fourth-order valence-corrected chi connectivity index (χ4v) is 6.86. The van der Waals surface area contributed by atoms with E-state index in [4.69, 9.17) is 19.4 Å². The lowest BCUT2D eigenvalue weighted by Gasteiger charge is -2.42. The highest BCUT2D eigenvalue weighted by Gasteiger charge is 2.35. The monoisotopic (exact) mass is 611 g/mol. The maximum atomic E-state index is 13.1. The fourth-order valence-electron chi connectivity index (χ4n) is 6.86. The molecular weight excluding hydrogens is 566 g/mol. The normalized spacial score (nSPS) is 20.9. The molecule has 1 unspecified atom stereocenters. The van der Waals surface area contributed by atoms with E-state index in [-0.39, 0.29) is 18.6 Å². The summed E-state index contributed by atoms with van der Waals surface area (Å²) in [5.41, 5.74) is 2.77. The second kappa shape index (κ2) is 13.1. The minimum absolute atomic E-state index is 0.218. The minimum Gasteiger partial charge on any atom is -0.462 e. The van der Waals surface area contributed by atoms with Crippen molar-refractivity contribution in [1.29, 1.82) is 5.26 Å². The van der Waals surface area contributed by atoms with Gasteiger partial charge in [-0.25, -0.2) is 4.79 Å². The Morgan fingerprint density at radius 1 is 0.978 bits per heavy atom. The van der Waals surface area contributed by atoms with Gasteiger partial charge in [-0.1, -0.05) is 36.4 Å². The molecular formula is C35H45N7O3. The molecule has 0 aliphatic carbocycles. The molecule has 2 saturated heterocycles. The molecule has 3 aromatic rings. The topological polar surface area (TPSA) is 98.1 Å². The zero-order chi connectivity index (χ0) is 31.6. The standard InChI is InChI=1S/C35H45N7O3/c1-35(2,3)45-34(43)42-22-21-41(23-26(42)14-17-36)32-29-15-19-40(31-13-7-10-25-9-5-6-12-28(25)31)20-16-30(29)37-33(38-32)44-24-27-11-8-18-39(27)4/h5-7,9-10,12-13,26-27H,8,11,14-16,18-24H2,1-4H3/t26?,27-/m0/s1. The lowest BCUT2D eigenvalue weighted by atomic mass is 10.1. The number of amides is 1. The average Bonchev–Trinajstić information content (AvgIpc) is 3.31. The Labute approximate surface area is 266 Å². The van der Waals surface area contributed by atoms with E-state index in [1.165, 1.54) is 22.9 Å². The Morgan fingerprint density at radius 3 is 2.56 bits per heavy atom. The quantitative estimate of drug-likeness (QED) is 0.379. The molecule has 1 aromatic heterocycles. The van der Waals surface area contributed by atoms with Gasteiger partial charge >= 0.3 is 12.1 Å². The average molecular weight is 612 g/mol. The number of anilines is 2. The Kier molecular flexibility index (Phi) is 8.99. The van der Waals surface area contributed by atoms with E-state index in [1.807, 2.05) is 20.8 Å². The number of carbonyl (C=O) groups excluding carboxylic acids is 1. The Bertz CT molecular complexity index is 1560. The molecule has 1 amide bonds. The van der Waals surface area contributed by atoms with Crippen LogP contribution in [0.1, 0.15) is 51.3 Å². The van der Waals surface area contributed by atoms with E-state index in [9.17, 15) is 10.1 Å². The maximum absolute atomic E-state index is 13.1. The molecule has 0 saturated carbocycles. The van der Waals surface area contributed by atoms with Crippen molar-refractivity contribution in [2.75, 3.05) is 62.7 Å². The molecule has 238 valence electrons. The number of nitriles is 1. The first-order chi connectivity index (χ1) is 21.7. The van der Waals surface area contributed by atoms with Gasteiger partial charge in [0.15, 0.2) is 0 Å². The van der Waals surface area contributed by atoms with Crippen molar-refractivity contribution in [2.45, 2.75) is 70.6 Å². The number of fused-ring (bicyclic) bond motifs is 2. The fraction of sp³-hybridized carbons (Fsp3) is 0.543. The summed E-state index contributed by atoms with van der Waals surface area (Å²) < 4.78 is 12.0. The molecule has 10 heteroatoms. The van der Waals surface area contributed by atoms with Crippen LogP contribution in [0.5, 0.6) is 6.01 Å². The molecule has 6 rings (SSSR count). The summed E-state index contributed by atoms with van der Waals surface area (Å²) in [5.74, 6) is 0.862. The van der Waals surface area contributed by atoms with Crippen molar-refractivity contribution in [1.82, 2.24) is 19.8 Å². The summed E-state index contributed by atoms with van der Waals surface area (Å²) >= 11 is 0. The van der Waals surface area contributed by atoms with Crippen molar-refractivity contribution in [3.63, 3.8) is 0 Å². The van der Waals surface area contributed by atoms with Gasteiger partial charge in [0.2, 0.25) is 0 Å². The second-order valence-corrected chi connectivity index (χ2v) is 13.5. The van der Waals surface area contributed by atoms with Crippen molar-refractivity contribution in [3.8, 4) is 12.1 Å². The van der Waals surface area contributed by atoms with Crippen LogP contribution in [0.4, 0.5) is 16.3 Å². The predicted molar refractivity (Wildman–Crippen MR) is 176 cm³/mol. The molecule has 0 N–H and O–H groups in total. The number of rotatable bonds is 6. The van der Waals surface area contributed by atoms with Crippen LogP contribution in [-0.4, -0.2) is 96.5 Å². The number of piperazine rings is 1. The third-order valence-electron chi connectivity index (χ3n) is 9.22. The van der Waals surface area contributed by atoms with Crippen LogP contribution in [0.3, 0.4) is 0 Å². The summed E-state index contributed by atoms with van der Waals surface area (Å²) in [7, 11) is 2.14. The summed E-state index contributed by atoms with van der Waals surface area (Å²) in [6.45, 7) is 10.4. The number of ether oxygens (including phenoxy) is 2. The zero-order valence-electron chi connectivity index (χ0n) is 27.0. The van der Waals surface area contributed by atoms with E-state index in [0.29, 0.717) is 38.3 Å². The van der Waals surface area contributed by atoms with E-state index in [0.717, 1.165) is 56.0 Å². The Hall–Kier alpha value is -4.10. The van der Waals surface area contributed by atoms with Crippen LogP contribution in [-0.2, 0) is 17.6 Å². The second-order valence-electron chi connectivity index (χ2n) is 13.5. The number of hydrogen-bond acceptors (Lipinski definition) is 9. The molecule has 45 heavy (non-hydrogen) atoms. The Morgan fingerprint density at radius 2 is 1.78 bits per heavy atom. The summed E-state index contributed by atoms with van der Waals surface area (Å²) in [6.07, 6.45) is 3.68. The minimum atomic E-state index is -0.606. The van der Waals surface area contributed by atoms with E-state index in [2.05, 4.69) is 70.3 Å². The van der Waals surface area contributed by atoms with Crippen LogP contribution in [0.2, 0.25) is 0 Å². The highest BCUT2D eigenvalue weighted by atomic mass is 16.6. The number of aromatic nitrogens is 2. The summed E-state index contributed by atoms with van der Waals surface area (Å²) in [5, 5.41) is 12.2. The van der Waals surface area contributed by atoms with Crippen LogP contribution in [0.25, 0.3) is 10.8 Å². The molecule has 0 radical (unpaired) electrons. The van der Waals surface area contributed by atoms with Gasteiger partial charge in [-0.3, -0.25) is 0 Å². The van der Waals surface area contributed by atoms with Crippen LogP contribution in [0, 0.1) is 11.3 Å². The van der Waals surface area contributed by atoms with Gasteiger partial charge < -0.3 is 29.1 Å². The number of likely N-dealkylation sites (N-methyl/N-ethyl adjacent to an activating group) is 1. The highest BCUT2D eigenvalue weighted by Crippen LogP contribution is 2.33. The lowest BCUT2D eigenvalue weighted by molar-refractivity contribution is 0.0144. The first-order valence-electron chi connectivity index (χ1n) is 16.3. The molecule has 2 aromatic carbocycles. The van der Waals surface area contributed by atoms with Gasteiger partial charge in [-0.15, -0.1) is 0 Å². The van der Waals surface area contributed by atoms with Gasteiger partial charge in [-0.2, -0.15) is 15.2 Å². The molecule has 2 fully saturated rings. The highest BCUT2D eigenvalue weighted by molar-refractivity contribution is 5.94. The van der Waals surface area contributed by atoms with Gasteiger partial charge in [0, 0.05) is 61.8 Å². The van der Waals surface area contributed by atoms with E-state index in [1.54, 1.807) is 4.90 Å². The predicted octanol–water partition coefficient (Wildman–Crippen LogP) is 5.05. The molecule has 2 atom stereocenters. The third-order valence-corrected chi connectivity index (χ3v) is 9.22. The van der Waals surface area contributed by atoms with Crippen molar-refractivity contribution < 1.29 is 14.3 Å². The van der Waals surface area contributed by atoms with Gasteiger partial charge in [0.05, 0.1) is 24.2 Å². The molecule has 3 aliphatic heterocycles. The van der Waals surface area contributed by atoms with Crippen molar-refractivity contribution >= 4 is 28.4 Å². The summed E-state index contributed by atoms with van der Waals surface area (Å²) in [6, 6.07) is 17.8. The largest absolute Gasteiger partial charge is 0.462 e. The van der Waals surface area contributed by atoms with Crippen LogP contribution < -0.4 is 14.5 Å². The molecule has 0 bridgehead atoms. The number of benzene rings is 2. The number of likely N-dealkylation sites (tertiary alicyclic amines) is 1. The molecule has 3 aliphatic rings. The third kappa shape index (κ3) is 6.94. The van der Waals surface area contributed by atoms with E-state index >= 15 is 0 Å². The first kappa shape index (κ1) is 30.9. The van der Waals surface area contributed by atoms with E-state index < -0.39 is 5.60 Å². The van der Waals surface area contributed by atoms with Crippen LogP contribution in [0.15, 0.2) is 42.5 Å². The number of nitrogens with zero attached hydrogens (tertiary/aromatic N) is 7. The smallest absolute Gasteiger partial charge is 0.410 e. The molecule has 10 nitrogen and oxygen atoms in total. The van der Waals surface area contributed by atoms with Gasteiger partial charge in [0.1, 0.15) is 18.0 Å². The lowest BCUT2D eigenvalue weighted by Crippen LogP contribution is -2.56. The first-order valence-corrected chi connectivity index (χ1v) is 16.3. The van der Waals surface area contributed by atoms with Crippen LogP contribution >= 0.6 is 0 Å². The van der Waals surface area contributed by atoms with Crippen molar-refractivity contribution in [3.05, 3.63) is 53.7 Å². The van der Waals surface area contributed by atoms with Crippen molar-refractivity contribution in [2.24, 2.45) is 0 Å². The molecule has 4 heterocycles. The number of carbonyl (C=O) groups is 1. The molecule has 0 spiro atoms. The Balaban J connectivity index is 1.29.